The first-order valence-corrected chi connectivity index (χ1v) is 6.53. The van der Waals surface area contributed by atoms with E-state index in [0.29, 0.717) is 0 Å². The van der Waals surface area contributed by atoms with Crippen LogP contribution in [-0.4, -0.2) is 61.4 Å². The van der Waals surface area contributed by atoms with Crippen LogP contribution in [0.2, 0.25) is 0 Å². The Balaban J connectivity index is 1.69. The molecule has 6 heteroatoms. The second kappa shape index (κ2) is 4.77. The van der Waals surface area contributed by atoms with Gasteiger partial charge in [-0.1, -0.05) is 0 Å². The molecule has 0 saturated carbocycles. The standard InChI is InChI=1S/C13H18N4O2/c1-16-5-9-7-17(8-10(9)6-16)12-4-3-11(14-15-12)13(18)19-2/h3-4,9-10H,5-8H2,1-2H3. The molecule has 0 radical (unpaired) electrons. The molecule has 0 amide bonds. The second-order valence-corrected chi connectivity index (χ2v) is 5.41. The minimum atomic E-state index is -0.445. The summed E-state index contributed by atoms with van der Waals surface area (Å²) in [6.45, 7) is 4.38. The highest BCUT2D eigenvalue weighted by atomic mass is 16.5. The first-order valence-electron chi connectivity index (χ1n) is 6.53. The molecule has 6 nitrogen and oxygen atoms in total. The van der Waals surface area contributed by atoms with Crippen molar-refractivity contribution >= 4 is 11.8 Å². The molecule has 19 heavy (non-hydrogen) atoms. The molecular formula is C13H18N4O2. The van der Waals surface area contributed by atoms with Gasteiger partial charge >= 0.3 is 5.97 Å². The topological polar surface area (TPSA) is 58.6 Å². The molecule has 2 fully saturated rings. The zero-order valence-corrected chi connectivity index (χ0v) is 11.2. The van der Waals surface area contributed by atoms with E-state index >= 15 is 0 Å². The predicted molar refractivity (Wildman–Crippen MR) is 70.1 cm³/mol. The van der Waals surface area contributed by atoms with Crippen LogP contribution in [-0.2, 0) is 4.74 Å². The van der Waals surface area contributed by atoms with E-state index in [9.17, 15) is 4.79 Å². The maximum atomic E-state index is 11.3. The van der Waals surface area contributed by atoms with Crippen molar-refractivity contribution in [3.05, 3.63) is 17.8 Å². The summed E-state index contributed by atoms with van der Waals surface area (Å²) in [7, 11) is 3.52. The van der Waals surface area contributed by atoms with E-state index in [1.807, 2.05) is 6.07 Å². The number of carbonyl (C=O) groups is 1. The van der Waals surface area contributed by atoms with Gasteiger partial charge in [0.25, 0.3) is 0 Å². The Kier molecular flexibility index (Phi) is 3.10. The summed E-state index contributed by atoms with van der Waals surface area (Å²) in [4.78, 5) is 15.9. The number of methoxy groups -OCH3 is 1. The van der Waals surface area contributed by atoms with Gasteiger partial charge in [-0.2, -0.15) is 0 Å². The number of fused-ring (bicyclic) bond motifs is 1. The SMILES string of the molecule is COC(=O)c1ccc(N2CC3CN(C)CC3C2)nn1. The summed E-state index contributed by atoms with van der Waals surface area (Å²) in [5, 5.41) is 8.06. The van der Waals surface area contributed by atoms with Crippen molar-refractivity contribution in [1.29, 1.82) is 0 Å². The minimum absolute atomic E-state index is 0.255. The molecule has 2 aliphatic rings. The number of aromatic nitrogens is 2. The number of anilines is 1. The summed E-state index contributed by atoms with van der Waals surface area (Å²) in [6.07, 6.45) is 0. The first kappa shape index (κ1) is 12.3. The number of likely N-dealkylation sites (tertiary alicyclic amines) is 1. The van der Waals surface area contributed by atoms with Crippen LogP contribution < -0.4 is 4.90 Å². The van der Waals surface area contributed by atoms with Gasteiger partial charge in [-0.05, 0) is 31.0 Å². The molecule has 3 rings (SSSR count). The fourth-order valence-electron chi connectivity index (χ4n) is 3.12. The van der Waals surface area contributed by atoms with Gasteiger partial charge in [0.15, 0.2) is 11.5 Å². The summed E-state index contributed by atoms with van der Waals surface area (Å²) in [6, 6.07) is 3.53. The zero-order valence-electron chi connectivity index (χ0n) is 11.2. The summed E-state index contributed by atoms with van der Waals surface area (Å²) < 4.78 is 4.61. The molecule has 0 spiro atoms. The van der Waals surface area contributed by atoms with Crippen LogP contribution in [0.3, 0.4) is 0 Å². The molecule has 2 aliphatic heterocycles. The van der Waals surface area contributed by atoms with E-state index in [1.54, 1.807) is 6.07 Å². The molecule has 0 aromatic carbocycles. The average Bonchev–Trinajstić information content (AvgIpc) is 2.95. The Bertz CT molecular complexity index is 462. The quantitative estimate of drug-likeness (QED) is 0.713. The zero-order chi connectivity index (χ0) is 13.4. The highest BCUT2D eigenvalue weighted by Crippen LogP contribution is 2.32. The van der Waals surface area contributed by atoms with Gasteiger partial charge in [-0.25, -0.2) is 4.79 Å². The van der Waals surface area contributed by atoms with Gasteiger partial charge in [0.1, 0.15) is 0 Å². The van der Waals surface area contributed by atoms with Crippen molar-refractivity contribution in [1.82, 2.24) is 15.1 Å². The van der Waals surface area contributed by atoms with Crippen molar-refractivity contribution in [2.75, 3.05) is 45.2 Å². The number of rotatable bonds is 2. The predicted octanol–water partition coefficient (Wildman–Crippen LogP) is 0.261. The lowest BCUT2D eigenvalue weighted by atomic mass is 10.0. The lowest BCUT2D eigenvalue weighted by molar-refractivity contribution is 0.0592. The fourth-order valence-corrected chi connectivity index (χ4v) is 3.12. The number of carbonyl (C=O) groups excluding carboxylic acids is 1. The number of esters is 1. The van der Waals surface area contributed by atoms with Crippen LogP contribution in [0.5, 0.6) is 0 Å². The van der Waals surface area contributed by atoms with Crippen molar-refractivity contribution < 1.29 is 9.53 Å². The van der Waals surface area contributed by atoms with Crippen LogP contribution >= 0.6 is 0 Å². The maximum Gasteiger partial charge on any atom is 0.358 e. The molecule has 1 aromatic rings. The Hall–Kier alpha value is -1.69. The largest absolute Gasteiger partial charge is 0.464 e. The third-order valence-electron chi connectivity index (χ3n) is 4.04. The maximum absolute atomic E-state index is 11.3. The number of hydrogen-bond donors (Lipinski definition) is 0. The van der Waals surface area contributed by atoms with Crippen molar-refractivity contribution in [2.45, 2.75) is 0 Å². The normalized spacial score (nSPS) is 26.5. The molecular weight excluding hydrogens is 244 g/mol. The molecule has 102 valence electrons. The van der Waals surface area contributed by atoms with E-state index in [0.717, 1.165) is 43.8 Å². The number of hydrogen-bond acceptors (Lipinski definition) is 6. The highest BCUT2D eigenvalue weighted by molar-refractivity contribution is 5.86. The average molecular weight is 262 g/mol. The Labute approximate surface area is 112 Å². The molecule has 0 aliphatic carbocycles. The van der Waals surface area contributed by atoms with Crippen LogP contribution in [0.4, 0.5) is 5.82 Å². The molecule has 1 aromatic heterocycles. The number of ether oxygens (including phenoxy) is 1. The molecule has 2 atom stereocenters. The van der Waals surface area contributed by atoms with E-state index in [4.69, 9.17) is 0 Å². The molecule has 2 saturated heterocycles. The molecule has 0 bridgehead atoms. The summed E-state index contributed by atoms with van der Waals surface area (Å²) in [5.74, 6) is 1.86. The lowest BCUT2D eigenvalue weighted by Gasteiger charge is -2.19. The number of nitrogens with zero attached hydrogens (tertiary/aromatic N) is 4. The fraction of sp³-hybridized carbons (Fsp3) is 0.615. The van der Waals surface area contributed by atoms with E-state index < -0.39 is 5.97 Å². The van der Waals surface area contributed by atoms with E-state index in [-0.39, 0.29) is 5.69 Å². The third kappa shape index (κ3) is 2.28. The third-order valence-corrected chi connectivity index (χ3v) is 4.04. The molecule has 0 N–H and O–H groups in total. The first-order chi connectivity index (χ1) is 9.17. The smallest absolute Gasteiger partial charge is 0.358 e. The lowest BCUT2D eigenvalue weighted by Crippen LogP contribution is -2.27. The van der Waals surface area contributed by atoms with Crippen molar-refractivity contribution in [2.24, 2.45) is 11.8 Å². The Morgan fingerprint density at radius 3 is 2.42 bits per heavy atom. The molecule has 2 unspecified atom stereocenters. The Morgan fingerprint density at radius 2 is 1.89 bits per heavy atom. The minimum Gasteiger partial charge on any atom is -0.464 e. The molecule has 3 heterocycles. The summed E-state index contributed by atoms with van der Waals surface area (Å²) in [5.41, 5.74) is 0.255. The van der Waals surface area contributed by atoms with Crippen molar-refractivity contribution in [3.63, 3.8) is 0 Å². The highest BCUT2D eigenvalue weighted by Gasteiger charge is 2.39. The second-order valence-electron chi connectivity index (χ2n) is 5.41. The van der Waals surface area contributed by atoms with Crippen LogP contribution in [0.1, 0.15) is 10.5 Å². The van der Waals surface area contributed by atoms with Gasteiger partial charge in [-0.3, -0.25) is 0 Å². The van der Waals surface area contributed by atoms with Gasteiger partial charge < -0.3 is 14.5 Å². The van der Waals surface area contributed by atoms with Crippen LogP contribution in [0.25, 0.3) is 0 Å². The van der Waals surface area contributed by atoms with Gasteiger partial charge in [0.2, 0.25) is 0 Å². The van der Waals surface area contributed by atoms with Crippen LogP contribution in [0.15, 0.2) is 12.1 Å². The van der Waals surface area contributed by atoms with Gasteiger partial charge in [-0.15, -0.1) is 10.2 Å². The van der Waals surface area contributed by atoms with E-state index in [1.165, 1.54) is 7.11 Å². The Morgan fingerprint density at radius 1 is 1.21 bits per heavy atom. The van der Waals surface area contributed by atoms with Gasteiger partial charge in [0, 0.05) is 26.2 Å². The van der Waals surface area contributed by atoms with Crippen molar-refractivity contribution in [3.8, 4) is 0 Å². The van der Waals surface area contributed by atoms with Crippen LogP contribution in [0, 0.1) is 11.8 Å². The van der Waals surface area contributed by atoms with E-state index in [2.05, 4.69) is 31.8 Å². The summed E-state index contributed by atoms with van der Waals surface area (Å²) >= 11 is 0. The monoisotopic (exact) mass is 262 g/mol. The van der Waals surface area contributed by atoms with Gasteiger partial charge in [0.05, 0.1) is 7.11 Å².